The predicted octanol–water partition coefficient (Wildman–Crippen LogP) is 1.96. The molecule has 0 bridgehead atoms. The molecule has 0 saturated carbocycles. The van der Waals surface area contributed by atoms with Crippen molar-refractivity contribution < 1.29 is 4.74 Å². The molecule has 16 heavy (non-hydrogen) atoms. The summed E-state index contributed by atoms with van der Waals surface area (Å²) in [5.74, 6) is 0. The maximum absolute atomic E-state index is 8.76. The second-order valence-corrected chi connectivity index (χ2v) is 4.89. The van der Waals surface area contributed by atoms with Crippen LogP contribution in [0.3, 0.4) is 0 Å². The number of aromatic nitrogens is 1. The zero-order valence-corrected chi connectivity index (χ0v) is 10.2. The molecule has 1 aliphatic heterocycles. The monoisotopic (exact) mass is 237 g/mol. The van der Waals surface area contributed by atoms with Crippen molar-refractivity contribution >= 4 is 16.5 Å². The number of nitrogens with zero attached hydrogens (tertiary/aromatic N) is 3. The van der Waals surface area contributed by atoms with Gasteiger partial charge in [-0.15, -0.1) is 11.3 Å². The Balaban J connectivity index is 2.19. The molecular formula is C11H15N3OS. The van der Waals surface area contributed by atoms with Crippen LogP contribution in [-0.4, -0.2) is 25.2 Å². The largest absolute Gasteiger partial charge is 0.378 e. The molecule has 1 aromatic heterocycles. The molecule has 2 rings (SSSR count). The molecule has 0 aliphatic carbocycles. The highest BCUT2D eigenvalue weighted by Gasteiger charge is 2.18. The highest BCUT2D eigenvalue weighted by Crippen LogP contribution is 2.29. The fourth-order valence-corrected chi connectivity index (χ4v) is 2.92. The molecule has 0 N–H and O–H groups in total. The molecule has 0 radical (unpaired) electrons. The highest BCUT2D eigenvalue weighted by atomic mass is 32.1. The molecule has 0 amide bonds. The number of anilines is 1. The van der Waals surface area contributed by atoms with E-state index in [4.69, 9.17) is 10.00 Å². The summed E-state index contributed by atoms with van der Waals surface area (Å²) in [7, 11) is 1.66. The van der Waals surface area contributed by atoms with Crippen LogP contribution in [0.4, 0.5) is 5.13 Å². The van der Waals surface area contributed by atoms with E-state index < -0.39 is 0 Å². The number of thiazole rings is 1. The van der Waals surface area contributed by atoms with E-state index in [1.807, 2.05) is 0 Å². The van der Waals surface area contributed by atoms with Crippen LogP contribution in [0.1, 0.15) is 23.4 Å². The van der Waals surface area contributed by atoms with Crippen molar-refractivity contribution in [2.45, 2.75) is 25.9 Å². The lowest BCUT2D eigenvalue weighted by Gasteiger charge is -2.12. The zero-order valence-electron chi connectivity index (χ0n) is 9.40. The molecule has 4 nitrogen and oxygen atoms in total. The van der Waals surface area contributed by atoms with Gasteiger partial charge in [0.05, 0.1) is 24.8 Å². The van der Waals surface area contributed by atoms with Gasteiger partial charge in [-0.3, -0.25) is 0 Å². The van der Waals surface area contributed by atoms with Gasteiger partial charge in [-0.1, -0.05) is 0 Å². The van der Waals surface area contributed by atoms with Crippen molar-refractivity contribution in [3.8, 4) is 6.07 Å². The van der Waals surface area contributed by atoms with Crippen LogP contribution in [0.2, 0.25) is 0 Å². The molecule has 1 aliphatic rings. The topological polar surface area (TPSA) is 49.1 Å². The Labute approximate surface area is 99.5 Å². The van der Waals surface area contributed by atoms with Crippen LogP contribution < -0.4 is 4.90 Å². The Kier molecular flexibility index (Phi) is 3.75. The zero-order chi connectivity index (χ0) is 11.4. The van der Waals surface area contributed by atoms with Gasteiger partial charge in [0.15, 0.2) is 5.13 Å². The fraction of sp³-hybridized carbons (Fsp3) is 0.636. The van der Waals surface area contributed by atoms with Gasteiger partial charge in [0.2, 0.25) is 0 Å². The van der Waals surface area contributed by atoms with Crippen LogP contribution in [0.15, 0.2) is 0 Å². The first-order chi connectivity index (χ1) is 7.85. The van der Waals surface area contributed by atoms with Gasteiger partial charge in [0, 0.05) is 25.1 Å². The molecule has 1 fully saturated rings. The van der Waals surface area contributed by atoms with E-state index in [-0.39, 0.29) is 0 Å². The molecule has 0 atom stereocenters. The summed E-state index contributed by atoms with van der Waals surface area (Å²) in [6.45, 7) is 2.68. The molecule has 1 aromatic rings. The smallest absolute Gasteiger partial charge is 0.185 e. The quantitative estimate of drug-likeness (QED) is 0.803. The summed E-state index contributed by atoms with van der Waals surface area (Å²) in [5.41, 5.74) is 0.927. The minimum absolute atomic E-state index is 0.435. The van der Waals surface area contributed by atoms with E-state index in [0.29, 0.717) is 13.0 Å². The summed E-state index contributed by atoms with van der Waals surface area (Å²) >= 11 is 1.63. The molecule has 1 saturated heterocycles. The molecule has 2 heterocycles. The second kappa shape index (κ2) is 5.28. The molecule has 5 heteroatoms. The number of hydrogen-bond donors (Lipinski definition) is 0. The van der Waals surface area contributed by atoms with Crippen LogP contribution in [-0.2, 0) is 17.8 Å². The van der Waals surface area contributed by atoms with Gasteiger partial charge in [-0.2, -0.15) is 5.26 Å². The minimum Gasteiger partial charge on any atom is -0.378 e. The Morgan fingerprint density at radius 3 is 2.88 bits per heavy atom. The van der Waals surface area contributed by atoms with Gasteiger partial charge in [-0.05, 0) is 12.8 Å². The van der Waals surface area contributed by atoms with E-state index >= 15 is 0 Å². The lowest BCUT2D eigenvalue weighted by atomic mass is 10.3. The highest BCUT2D eigenvalue weighted by molar-refractivity contribution is 7.15. The number of rotatable bonds is 4. The van der Waals surface area contributed by atoms with Crippen molar-refractivity contribution in [1.82, 2.24) is 4.98 Å². The summed E-state index contributed by atoms with van der Waals surface area (Å²) < 4.78 is 5.11. The molecule has 86 valence electrons. The maximum Gasteiger partial charge on any atom is 0.185 e. The van der Waals surface area contributed by atoms with Crippen LogP contribution in [0.5, 0.6) is 0 Å². The van der Waals surface area contributed by atoms with Crippen LogP contribution in [0.25, 0.3) is 0 Å². The van der Waals surface area contributed by atoms with Gasteiger partial charge in [0.25, 0.3) is 0 Å². The van der Waals surface area contributed by atoms with E-state index in [0.717, 1.165) is 28.8 Å². The van der Waals surface area contributed by atoms with Crippen molar-refractivity contribution in [2.75, 3.05) is 25.1 Å². The Morgan fingerprint density at radius 1 is 1.50 bits per heavy atom. The third-order valence-electron chi connectivity index (χ3n) is 2.66. The summed E-state index contributed by atoms with van der Waals surface area (Å²) in [5, 5.41) is 9.81. The van der Waals surface area contributed by atoms with Crippen LogP contribution in [0, 0.1) is 11.3 Å². The molecule has 0 spiro atoms. The number of hydrogen-bond acceptors (Lipinski definition) is 5. The van der Waals surface area contributed by atoms with Gasteiger partial charge >= 0.3 is 0 Å². The third kappa shape index (κ3) is 2.34. The standard InChI is InChI=1S/C11H15N3OS/c1-15-8-9-10(4-5-12)16-11(13-9)14-6-2-3-7-14/h2-4,6-8H2,1H3. The maximum atomic E-state index is 8.76. The fourth-order valence-electron chi connectivity index (χ4n) is 1.87. The number of methoxy groups -OCH3 is 1. The normalized spacial score (nSPS) is 15.4. The lowest BCUT2D eigenvalue weighted by molar-refractivity contribution is 0.181. The average molecular weight is 237 g/mol. The van der Waals surface area contributed by atoms with Crippen molar-refractivity contribution in [1.29, 1.82) is 5.26 Å². The number of ether oxygens (including phenoxy) is 1. The Bertz CT molecular complexity index is 390. The first-order valence-corrected chi connectivity index (χ1v) is 6.26. The van der Waals surface area contributed by atoms with Crippen molar-refractivity contribution in [3.63, 3.8) is 0 Å². The molecule has 0 unspecified atom stereocenters. The summed E-state index contributed by atoms with van der Waals surface area (Å²) in [6.07, 6.45) is 2.92. The van der Waals surface area contributed by atoms with Gasteiger partial charge in [0.1, 0.15) is 0 Å². The predicted molar refractivity (Wildman–Crippen MR) is 63.6 cm³/mol. The molecule has 0 aromatic carbocycles. The van der Waals surface area contributed by atoms with Gasteiger partial charge in [-0.25, -0.2) is 4.98 Å². The van der Waals surface area contributed by atoms with Gasteiger partial charge < -0.3 is 9.64 Å². The van der Waals surface area contributed by atoms with E-state index in [1.165, 1.54) is 12.8 Å². The SMILES string of the molecule is COCc1nc(N2CCCC2)sc1CC#N. The minimum atomic E-state index is 0.435. The first-order valence-electron chi connectivity index (χ1n) is 5.44. The molecular weight excluding hydrogens is 222 g/mol. The van der Waals surface area contributed by atoms with E-state index in [1.54, 1.807) is 18.4 Å². The Morgan fingerprint density at radius 2 is 2.25 bits per heavy atom. The van der Waals surface area contributed by atoms with Crippen LogP contribution >= 0.6 is 11.3 Å². The lowest BCUT2D eigenvalue weighted by Crippen LogP contribution is -2.17. The average Bonchev–Trinajstić information content (AvgIpc) is 2.89. The second-order valence-electron chi connectivity index (χ2n) is 3.83. The van der Waals surface area contributed by atoms with Crippen molar-refractivity contribution in [3.05, 3.63) is 10.6 Å². The third-order valence-corrected chi connectivity index (χ3v) is 3.82. The summed E-state index contributed by atoms with van der Waals surface area (Å²) in [4.78, 5) is 7.91. The first kappa shape index (κ1) is 11.4. The summed E-state index contributed by atoms with van der Waals surface area (Å²) in [6, 6.07) is 2.18. The van der Waals surface area contributed by atoms with E-state index in [9.17, 15) is 0 Å². The van der Waals surface area contributed by atoms with Crippen molar-refractivity contribution in [2.24, 2.45) is 0 Å². The number of nitriles is 1. The Hall–Kier alpha value is -1.12. The van der Waals surface area contributed by atoms with E-state index in [2.05, 4.69) is 16.0 Å².